The highest BCUT2D eigenvalue weighted by Crippen LogP contribution is 2.28. The van der Waals surface area contributed by atoms with E-state index >= 15 is 0 Å². The number of hydrogen-bond donors (Lipinski definition) is 0. The van der Waals surface area contributed by atoms with Crippen LogP contribution < -0.4 is 4.90 Å². The van der Waals surface area contributed by atoms with Gasteiger partial charge in [-0.05, 0) is 51.0 Å². The van der Waals surface area contributed by atoms with Crippen molar-refractivity contribution in [2.45, 2.75) is 33.3 Å². The van der Waals surface area contributed by atoms with E-state index in [1.807, 2.05) is 44.2 Å². The van der Waals surface area contributed by atoms with Crippen LogP contribution in [0.3, 0.4) is 0 Å². The van der Waals surface area contributed by atoms with Crippen LogP contribution in [0.4, 0.5) is 5.69 Å². The maximum absolute atomic E-state index is 12.7. The Kier molecular flexibility index (Phi) is 4.38. The summed E-state index contributed by atoms with van der Waals surface area (Å²) in [5.74, 6) is -0.646. The summed E-state index contributed by atoms with van der Waals surface area (Å²) in [7, 11) is 0. The van der Waals surface area contributed by atoms with Crippen LogP contribution in [-0.2, 0) is 16.0 Å². The molecule has 24 heavy (non-hydrogen) atoms. The van der Waals surface area contributed by atoms with Gasteiger partial charge in [-0.2, -0.15) is 0 Å². The molecular weight excluding hydrogens is 302 g/mol. The highest BCUT2D eigenvalue weighted by Gasteiger charge is 2.29. The lowest BCUT2D eigenvalue weighted by Crippen LogP contribution is -2.39. The van der Waals surface area contributed by atoms with Gasteiger partial charge >= 0.3 is 5.97 Å². The van der Waals surface area contributed by atoms with Gasteiger partial charge in [-0.1, -0.05) is 35.4 Å². The van der Waals surface area contributed by atoms with Gasteiger partial charge in [-0.15, -0.1) is 0 Å². The number of ether oxygens (including phenoxy) is 1. The highest BCUT2D eigenvalue weighted by molar-refractivity contribution is 6.00. The van der Waals surface area contributed by atoms with Crippen LogP contribution >= 0.6 is 0 Å². The number of fused-ring (bicyclic) bond motifs is 1. The van der Waals surface area contributed by atoms with Crippen molar-refractivity contribution in [3.8, 4) is 0 Å². The first-order chi connectivity index (χ1) is 11.5. The van der Waals surface area contributed by atoms with Gasteiger partial charge < -0.3 is 9.64 Å². The Morgan fingerprint density at radius 3 is 2.46 bits per heavy atom. The second kappa shape index (κ2) is 6.48. The van der Waals surface area contributed by atoms with E-state index in [-0.39, 0.29) is 5.91 Å². The minimum absolute atomic E-state index is 0.183. The fourth-order valence-corrected chi connectivity index (χ4v) is 3.16. The van der Waals surface area contributed by atoms with E-state index in [0.29, 0.717) is 12.1 Å². The van der Waals surface area contributed by atoms with Crippen LogP contribution in [0.5, 0.6) is 0 Å². The molecule has 1 heterocycles. The second-order valence-corrected chi connectivity index (χ2v) is 6.29. The van der Waals surface area contributed by atoms with Gasteiger partial charge in [0.15, 0.2) is 6.10 Å². The van der Waals surface area contributed by atoms with Crippen molar-refractivity contribution in [3.63, 3.8) is 0 Å². The van der Waals surface area contributed by atoms with E-state index in [2.05, 4.69) is 0 Å². The topological polar surface area (TPSA) is 46.6 Å². The summed E-state index contributed by atoms with van der Waals surface area (Å²) in [5.41, 5.74) is 4.54. The van der Waals surface area contributed by atoms with Crippen LogP contribution in [0.1, 0.15) is 34.0 Å². The molecule has 0 bridgehead atoms. The zero-order chi connectivity index (χ0) is 17.3. The Bertz CT molecular complexity index is 777. The Labute approximate surface area is 142 Å². The molecule has 1 atom stereocenters. The molecule has 4 heteroatoms. The van der Waals surface area contributed by atoms with E-state index in [4.69, 9.17) is 4.74 Å². The number of benzene rings is 2. The fraction of sp³-hybridized carbons (Fsp3) is 0.300. The fourth-order valence-electron chi connectivity index (χ4n) is 3.16. The Morgan fingerprint density at radius 1 is 1.08 bits per heavy atom. The average Bonchev–Trinajstić information content (AvgIpc) is 2.97. The molecule has 0 spiro atoms. The van der Waals surface area contributed by atoms with Gasteiger partial charge in [0.2, 0.25) is 0 Å². The van der Waals surface area contributed by atoms with E-state index in [9.17, 15) is 9.59 Å². The summed E-state index contributed by atoms with van der Waals surface area (Å²) in [6.07, 6.45) is 0.0177. The predicted octanol–water partition coefficient (Wildman–Crippen LogP) is 3.44. The molecule has 4 nitrogen and oxygen atoms in total. The third-order valence-corrected chi connectivity index (χ3v) is 4.24. The lowest BCUT2D eigenvalue weighted by Gasteiger charge is -2.21. The van der Waals surface area contributed by atoms with Crippen LogP contribution in [0, 0.1) is 13.8 Å². The van der Waals surface area contributed by atoms with Crippen LogP contribution in [-0.4, -0.2) is 24.5 Å². The largest absolute Gasteiger partial charge is 0.449 e. The summed E-state index contributed by atoms with van der Waals surface area (Å²) in [6, 6.07) is 13.4. The Morgan fingerprint density at radius 2 is 1.75 bits per heavy atom. The molecule has 1 aliphatic rings. The molecule has 1 aliphatic heterocycles. The summed E-state index contributed by atoms with van der Waals surface area (Å²) >= 11 is 0. The van der Waals surface area contributed by atoms with Crippen molar-refractivity contribution in [2.24, 2.45) is 0 Å². The number of carbonyl (C=O) groups is 2. The SMILES string of the molecule is Cc1cc(C)cc(C(=O)O[C@H](C)C(=O)N2CCc3ccccc32)c1. The third-order valence-electron chi connectivity index (χ3n) is 4.24. The summed E-state index contributed by atoms with van der Waals surface area (Å²) in [4.78, 5) is 26.7. The van der Waals surface area contributed by atoms with Crippen molar-refractivity contribution >= 4 is 17.6 Å². The lowest BCUT2D eigenvalue weighted by atomic mass is 10.1. The number of carbonyl (C=O) groups excluding carboxylic acids is 2. The first-order valence-corrected chi connectivity index (χ1v) is 8.14. The van der Waals surface area contributed by atoms with Gasteiger partial charge in [0.05, 0.1) is 5.56 Å². The first kappa shape index (κ1) is 16.2. The molecule has 3 rings (SSSR count). The monoisotopic (exact) mass is 323 g/mol. The minimum atomic E-state index is -0.815. The molecule has 0 saturated carbocycles. The molecule has 0 aliphatic carbocycles. The molecule has 1 amide bonds. The molecule has 2 aromatic carbocycles. The van der Waals surface area contributed by atoms with Crippen molar-refractivity contribution < 1.29 is 14.3 Å². The highest BCUT2D eigenvalue weighted by atomic mass is 16.5. The molecule has 124 valence electrons. The Balaban J connectivity index is 1.72. The van der Waals surface area contributed by atoms with Crippen molar-refractivity contribution in [1.82, 2.24) is 0 Å². The van der Waals surface area contributed by atoms with Crippen molar-refractivity contribution in [2.75, 3.05) is 11.4 Å². The standard InChI is InChI=1S/C20H21NO3/c1-13-10-14(2)12-17(11-13)20(23)24-15(3)19(22)21-9-8-16-6-4-5-7-18(16)21/h4-7,10-12,15H,8-9H2,1-3H3/t15-/m1/s1. The van der Waals surface area contributed by atoms with Gasteiger partial charge in [0, 0.05) is 12.2 Å². The van der Waals surface area contributed by atoms with Crippen LogP contribution in [0.15, 0.2) is 42.5 Å². The number of anilines is 1. The lowest BCUT2D eigenvalue weighted by molar-refractivity contribution is -0.126. The Hall–Kier alpha value is -2.62. The normalized spacial score (nSPS) is 14.2. The van der Waals surface area contributed by atoms with Gasteiger partial charge in [-0.3, -0.25) is 4.79 Å². The zero-order valence-electron chi connectivity index (χ0n) is 14.2. The molecule has 0 fully saturated rings. The maximum atomic E-state index is 12.7. The van der Waals surface area contributed by atoms with E-state index < -0.39 is 12.1 Å². The number of aryl methyl sites for hydroxylation is 2. The molecule has 0 unspecified atom stereocenters. The van der Waals surface area contributed by atoms with Crippen LogP contribution in [0.25, 0.3) is 0 Å². The summed E-state index contributed by atoms with van der Waals surface area (Å²) in [6.45, 7) is 6.12. The number of hydrogen-bond acceptors (Lipinski definition) is 3. The number of nitrogens with zero attached hydrogens (tertiary/aromatic N) is 1. The molecule has 0 saturated heterocycles. The van der Waals surface area contributed by atoms with Crippen LogP contribution in [0.2, 0.25) is 0 Å². The number of para-hydroxylation sites is 1. The van der Waals surface area contributed by atoms with Gasteiger partial charge in [0.25, 0.3) is 5.91 Å². The smallest absolute Gasteiger partial charge is 0.338 e. The second-order valence-electron chi connectivity index (χ2n) is 6.29. The number of rotatable bonds is 3. The van der Waals surface area contributed by atoms with Gasteiger partial charge in [0.1, 0.15) is 0 Å². The first-order valence-electron chi connectivity index (χ1n) is 8.14. The van der Waals surface area contributed by atoms with E-state index in [1.165, 1.54) is 0 Å². The molecular formula is C20H21NO3. The molecule has 2 aromatic rings. The summed E-state index contributed by atoms with van der Waals surface area (Å²) < 4.78 is 5.41. The van der Waals surface area contributed by atoms with E-state index in [0.717, 1.165) is 28.8 Å². The summed E-state index contributed by atoms with van der Waals surface area (Å²) in [5, 5.41) is 0. The molecule has 0 N–H and O–H groups in total. The van der Waals surface area contributed by atoms with Crippen molar-refractivity contribution in [3.05, 3.63) is 64.7 Å². The number of amides is 1. The maximum Gasteiger partial charge on any atom is 0.338 e. The predicted molar refractivity (Wildman–Crippen MR) is 93.3 cm³/mol. The molecule has 0 radical (unpaired) electrons. The third kappa shape index (κ3) is 3.18. The number of esters is 1. The van der Waals surface area contributed by atoms with Gasteiger partial charge in [-0.25, -0.2) is 4.79 Å². The minimum Gasteiger partial charge on any atom is -0.449 e. The zero-order valence-corrected chi connectivity index (χ0v) is 14.2. The average molecular weight is 323 g/mol. The van der Waals surface area contributed by atoms with Crippen molar-refractivity contribution in [1.29, 1.82) is 0 Å². The quantitative estimate of drug-likeness (QED) is 0.813. The molecule has 0 aromatic heterocycles. The van der Waals surface area contributed by atoms with E-state index in [1.54, 1.807) is 24.0 Å².